The molecule has 3 N–H and O–H groups in total. The van der Waals surface area contributed by atoms with Gasteiger partial charge in [-0.2, -0.15) is 0 Å². The minimum Gasteiger partial charge on any atom is -0.468 e. The molecule has 0 fully saturated rings. The number of carbonyl (C=O) groups is 1. The topological polar surface area (TPSA) is 91.3 Å². The van der Waals surface area contributed by atoms with E-state index in [4.69, 9.17) is 5.73 Å². The Labute approximate surface area is 157 Å². The number of methoxy groups -OCH3 is 1. The van der Waals surface area contributed by atoms with Crippen LogP contribution in [0.25, 0.3) is 16.6 Å². The Morgan fingerprint density at radius 1 is 1.19 bits per heavy atom. The highest BCUT2D eigenvalue weighted by molar-refractivity contribution is 5.80. The standard InChI is InChI=1S/C20H24N4O3/c1-22-12-14-6-9-18-16(10-14)19(25)24(23(18)2)15-7-4-13(5-8-15)11-17(21)20(26)27-3/h4-10,17,22H,11-12,21H2,1-3H3/t17-/m0/s1. The summed E-state index contributed by atoms with van der Waals surface area (Å²) in [5, 5.41) is 3.78. The van der Waals surface area contributed by atoms with Crippen molar-refractivity contribution in [1.29, 1.82) is 0 Å². The van der Waals surface area contributed by atoms with E-state index in [1.165, 1.54) is 7.11 Å². The second-order valence-electron chi connectivity index (χ2n) is 6.52. The largest absolute Gasteiger partial charge is 0.468 e. The number of hydrogen-bond donors (Lipinski definition) is 2. The molecule has 0 aliphatic carbocycles. The molecule has 0 radical (unpaired) electrons. The fraction of sp³-hybridized carbons (Fsp3) is 0.300. The zero-order valence-electron chi connectivity index (χ0n) is 15.7. The Morgan fingerprint density at radius 2 is 1.85 bits per heavy atom. The number of aryl methyl sites for hydroxylation is 1. The van der Waals surface area contributed by atoms with Crippen molar-refractivity contribution >= 4 is 16.9 Å². The van der Waals surface area contributed by atoms with E-state index in [0.29, 0.717) is 18.4 Å². The van der Waals surface area contributed by atoms with Crippen LogP contribution in [0.2, 0.25) is 0 Å². The summed E-state index contributed by atoms with van der Waals surface area (Å²) in [6, 6.07) is 12.6. The van der Waals surface area contributed by atoms with Gasteiger partial charge in [0.25, 0.3) is 5.56 Å². The lowest BCUT2D eigenvalue weighted by molar-refractivity contribution is -0.142. The quantitative estimate of drug-likeness (QED) is 0.636. The number of hydrogen-bond acceptors (Lipinski definition) is 5. The number of nitrogens with two attached hydrogens (primary N) is 1. The van der Waals surface area contributed by atoms with Crippen LogP contribution in [-0.2, 0) is 29.5 Å². The summed E-state index contributed by atoms with van der Waals surface area (Å²) in [6.45, 7) is 0.708. The maximum Gasteiger partial charge on any atom is 0.322 e. The maximum absolute atomic E-state index is 12.9. The van der Waals surface area contributed by atoms with Crippen LogP contribution in [0.5, 0.6) is 0 Å². The van der Waals surface area contributed by atoms with E-state index in [1.807, 2.05) is 61.2 Å². The molecule has 3 rings (SSSR count). The van der Waals surface area contributed by atoms with Crippen LogP contribution in [0.4, 0.5) is 0 Å². The van der Waals surface area contributed by atoms with E-state index in [9.17, 15) is 9.59 Å². The first-order chi connectivity index (χ1) is 13.0. The summed E-state index contributed by atoms with van der Waals surface area (Å²) in [5.74, 6) is -0.443. The van der Waals surface area contributed by atoms with Crippen molar-refractivity contribution in [1.82, 2.24) is 14.7 Å². The zero-order valence-corrected chi connectivity index (χ0v) is 15.7. The molecule has 0 amide bonds. The molecule has 3 aromatic rings. The van der Waals surface area contributed by atoms with E-state index >= 15 is 0 Å². The zero-order chi connectivity index (χ0) is 19.6. The van der Waals surface area contributed by atoms with E-state index in [0.717, 1.165) is 22.3 Å². The van der Waals surface area contributed by atoms with Crippen LogP contribution in [0.15, 0.2) is 47.3 Å². The number of fused-ring (bicyclic) bond motifs is 1. The Hall–Kier alpha value is -2.90. The molecule has 1 atom stereocenters. The highest BCUT2D eigenvalue weighted by Crippen LogP contribution is 2.17. The molecule has 0 saturated heterocycles. The Kier molecular flexibility index (Phi) is 5.43. The van der Waals surface area contributed by atoms with Crippen LogP contribution in [0.3, 0.4) is 0 Å². The monoisotopic (exact) mass is 368 g/mol. The van der Waals surface area contributed by atoms with Crippen LogP contribution < -0.4 is 16.6 Å². The van der Waals surface area contributed by atoms with Gasteiger partial charge < -0.3 is 15.8 Å². The van der Waals surface area contributed by atoms with Crippen LogP contribution in [0.1, 0.15) is 11.1 Å². The van der Waals surface area contributed by atoms with E-state index in [1.54, 1.807) is 4.68 Å². The average molecular weight is 368 g/mol. The van der Waals surface area contributed by atoms with Gasteiger partial charge >= 0.3 is 5.97 Å². The maximum atomic E-state index is 12.9. The van der Waals surface area contributed by atoms with Crippen molar-refractivity contribution in [2.75, 3.05) is 14.2 Å². The van der Waals surface area contributed by atoms with Crippen LogP contribution in [-0.4, -0.2) is 35.5 Å². The summed E-state index contributed by atoms with van der Waals surface area (Å²) in [7, 11) is 5.06. The summed E-state index contributed by atoms with van der Waals surface area (Å²) in [4.78, 5) is 24.4. The Bertz CT molecular complexity index is 1020. The van der Waals surface area contributed by atoms with Gasteiger partial charge in [0.2, 0.25) is 0 Å². The Balaban J connectivity index is 1.95. The fourth-order valence-corrected chi connectivity index (χ4v) is 3.26. The highest BCUT2D eigenvalue weighted by Gasteiger charge is 2.15. The number of rotatable bonds is 6. The van der Waals surface area contributed by atoms with Gasteiger partial charge in [-0.3, -0.25) is 14.3 Å². The van der Waals surface area contributed by atoms with Crippen molar-refractivity contribution in [3.8, 4) is 5.69 Å². The summed E-state index contributed by atoms with van der Waals surface area (Å²) < 4.78 is 8.13. The van der Waals surface area contributed by atoms with E-state index < -0.39 is 12.0 Å². The first-order valence-corrected chi connectivity index (χ1v) is 8.74. The van der Waals surface area contributed by atoms with Crippen molar-refractivity contribution in [3.05, 3.63) is 63.9 Å². The molecule has 0 saturated carbocycles. The van der Waals surface area contributed by atoms with Gasteiger partial charge in [-0.05, 0) is 48.9 Å². The fourth-order valence-electron chi connectivity index (χ4n) is 3.26. The molecular formula is C20H24N4O3. The smallest absolute Gasteiger partial charge is 0.322 e. The second-order valence-corrected chi connectivity index (χ2v) is 6.52. The number of ether oxygens (including phenoxy) is 1. The van der Waals surface area contributed by atoms with Crippen LogP contribution >= 0.6 is 0 Å². The third-order valence-electron chi connectivity index (χ3n) is 4.65. The lowest BCUT2D eigenvalue weighted by Crippen LogP contribution is -2.33. The molecule has 0 aliphatic heterocycles. The minimum absolute atomic E-state index is 0.0653. The summed E-state index contributed by atoms with van der Waals surface area (Å²) >= 11 is 0. The van der Waals surface area contributed by atoms with Crippen molar-refractivity contribution < 1.29 is 9.53 Å². The average Bonchev–Trinajstić information content (AvgIpc) is 2.92. The molecule has 27 heavy (non-hydrogen) atoms. The second kappa shape index (κ2) is 7.77. The number of nitrogens with one attached hydrogen (secondary N) is 1. The lowest BCUT2D eigenvalue weighted by atomic mass is 10.1. The van der Waals surface area contributed by atoms with Crippen molar-refractivity contribution in [2.45, 2.75) is 19.0 Å². The summed E-state index contributed by atoms with van der Waals surface area (Å²) in [5.41, 5.74) is 9.33. The van der Waals surface area contributed by atoms with Gasteiger partial charge in [-0.25, -0.2) is 4.68 Å². The molecule has 1 aromatic heterocycles. The minimum atomic E-state index is -0.702. The molecule has 0 bridgehead atoms. The van der Waals surface area contributed by atoms with E-state index in [2.05, 4.69) is 10.1 Å². The first-order valence-electron chi connectivity index (χ1n) is 8.74. The van der Waals surface area contributed by atoms with Gasteiger partial charge in [-0.15, -0.1) is 0 Å². The van der Waals surface area contributed by atoms with Gasteiger partial charge in [0, 0.05) is 13.6 Å². The number of esters is 1. The van der Waals surface area contributed by atoms with Gasteiger partial charge in [0.1, 0.15) is 6.04 Å². The predicted octanol–water partition coefficient (Wildman–Crippen LogP) is 1.09. The molecule has 0 aliphatic rings. The molecule has 1 heterocycles. The van der Waals surface area contributed by atoms with Crippen molar-refractivity contribution in [3.63, 3.8) is 0 Å². The lowest BCUT2D eigenvalue weighted by Gasteiger charge is -2.11. The van der Waals surface area contributed by atoms with E-state index in [-0.39, 0.29) is 5.56 Å². The number of benzene rings is 2. The van der Waals surface area contributed by atoms with Gasteiger partial charge in [-0.1, -0.05) is 18.2 Å². The molecule has 142 valence electrons. The molecule has 2 aromatic carbocycles. The Morgan fingerprint density at radius 3 is 2.48 bits per heavy atom. The van der Waals surface area contributed by atoms with Gasteiger partial charge in [0.15, 0.2) is 0 Å². The third-order valence-corrected chi connectivity index (χ3v) is 4.65. The number of carbonyl (C=O) groups excluding carboxylic acids is 1. The number of aromatic nitrogens is 2. The molecule has 7 heteroatoms. The molecule has 0 spiro atoms. The number of nitrogens with zero attached hydrogens (tertiary/aromatic N) is 2. The molecule has 7 nitrogen and oxygen atoms in total. The molecule has 0 unspecified atom stereocenters. The highest BCUT2D eigenvalue weighted by atomic mass is 16.5. The first kappa shape index (κ1) is 18.9. The van der Waals surface area contributed by atoms with Gasteiger partial charge in [0.05, 0.1) is 23.7 Å². The van der Waals surface area contributed by atoms with Crippen LogP contribution in [0, 0.1) is 0 Å². The SMILES string of the molecule is CNCc1ccc2c(c1)c(=O)n(-c1ccc(C[C@H](N)C(=O)OC)cc1)n2C. The normalized spacial score (nSPS) is 12.3. The predicted molar refractivity (Wildman–Crippen MR) is 105 cm³/mol. The van der Waals surface area contributed by atoms with Crippen molar-refractivity contribution in [2.24, 2.45) is 12.8 Å². The third kappa shape index (κ3) is 3.65. The summed E-state index contributed by atoms with van der Waals surface area (Å²) in [6.07, 6.45) is 0.379. The molecular weight excluding hydrogens is 344 g/mol.